The molecule has 2 aromatic rings. The lowest BCUT2D eigenvalue weighted by Gasteiger charge is -1.95. The van der Waals surface area contributed by atoms with Crippen molar-refractivity contribution < 1.29 is 9.53 Å². The lowest BCUT2D eigenvalue weighted by Crippen LogP contribution is -2.03. The summed E-state index contributed by atoms with van der Waals surface area (Å²) in [6.07, 6.45) is 1.66. The Morgan fingerprint density at radius 1 is 1.56 bits per heavy atom. The van der Waals surface area contributed by atoms with Gasteiger partial charge in [-0.3, -0.25) is 0 Å². The molecule has 0 saturated carbocycles. The number of hydrogen-bond acceptors (Lipinski definition) is 3. The summed E-state index contributed by atoms with van der Waals surface area (Å²) in [5.74, 6) is 5.23. The number of carbonyl (C=O) groups excluding carboxylic acids is 1. The summed E-state index contributed by atoms with van der Waals surface area (Å²) in [5, 5.41) is 0.831. The monoisotopic (exact) mass is 214 g/mol. The average Bonchev–Trinajstić information content (AvgIpc) is 2.68. The summed E-state index contributed by atoms with van der Waals surface area (Å²) >= 11 is 0. The number of ether oxygens (including phenoxy) is 1. The lowest BCUT2D eigenvalue weighted by molar-refractivity contribution is 0.0595. The number of hydrogen-bond donors (Lipinski definition) is 1. The molecule has 4 nitrogen and oxygen atoms in total. The van der Waals surface area contributed by atoms with Gasteiger partial charge in [0.2, 0.25) is 0 Å². The van der Waals surface area contributed by atoms with E-state index in [0.29, 0.717) is 16.9 Å². The summed E-state index contributed by atoms with van der Waals surface area (Å²) in [6, 6.07) is 3.67. The molecule has 2 rings (SSSR count). The minimum absolute atomic E-state index is 0.352. The lowest BCUT2D eigenvalue weighted by atomic mass is 10.1. The smallest absolute Gasteiger partial charge is 0.355 e. The van der Waals surface area contributed by atoms with Crippen LogP contribution in [-0.4, -0.2) is 23.0 Å². The summed E-state index contributed by atoms with van der Waals surface area (Å²) in [4.78, 5) is 18.6. The molecule has 1 N–H and O–H groups in total. The number of H-pyrrole nitrogens is 1. The van der Waals surface area contributed by atoms with Gasteiger partial charge in [0.05, 0.1) is 12.7 Å². The molecular weight excluding hydrogens is 204 g/mol. The molecule has 2 heterocycles. The number of methoxy groups -OCH3 is 1. The minimum Gasteiger partial charge on any atom is -0.464 e. The van der Waals surface area contributed by atoms with Crippen molar-refractivity contribution >= 4 is 17.0 Å². The van der Waals surface area contributed by atoms with E-state index in [1.807, 2.05) is 6.07 Å². The van der Waals surface area contributed by atoms with E-state index in [0.717, 1.165) is 5.39 Å². The first-order valence-corrected chi connectivity index (χ1v) is 4.75. The zero-order valence-electron chi connectivity index (χ0n) is 9.00. The van der Waals surface area contributed by atoms with E-state index in [1.54, 1.807) is 19.2 Å². The quantitative estimate of drug-likeness (QED) is 0.581. The maximum absolute atomic E-state index is 11.5. The number of nitrogens with zero attached hydrogens (tertiary/aromatic N) is 1. The molecule has 0 aliphatic rings. The third-order valence-electron chi connectivity index (χ3n) is 2.21. The number of rotatable bonds is 1. The topological polar surface area (TPSA) is 55.0 Å². The number of aromatic amines is 1. The van der Waals surface area contributed by atoms with E-state index in [2.05, 4.69) is 26.5 Å². The molecule has 0 atom stereocenters. The van der Waals surface area contributed by atoms with Crippen LogP contribution >= 0.6 is 0 Å². The molecule has 0 unspecified atom stereocenters. The molecule has 80 valence electrons. The Kier molecular flexibility index (Phi) is 2.61. The molecule has 0 aromatic carbocycles. The number of esters is 1. The number of pyridine rings is 1. The first-order chi connectivity index (χ1) is 7.77. The number of aromatic nitrogens is 2. The molecule has 2 aromatic heterocycles. The molecule has 0 saturated heterocycles. The van der Waals surface area contributed by atoms with Crippen LogP contribution in [-0.2, 0) is 4.74 Å². The largest absolute Gasteiger partial charge is 0.464 e. The summed E-state index contributed by atoms with van der Waals surface area (Å²) in [6.45, 7) is 1.72. The van der Waals surface area contributed by atoms with Crippen molar-refractivity contribution in [2.24, 2.45) is 0 Å². The molecular formula is C12H10N2O2. The van der Waals surface area contributed by atoms with Crippen LogP contribution in [0.3, 0.4) is 0 Å². The summed E-state index contributed by atoms with van der Waals surface area (Å²) in [7, 11) is 1.34. The van der Waals surface area contributed by atoms with Crippen molar-refractivity contribution in [1.82, 2.24) is 9.97 Å². The second-order valence-corrected chi connectivity index (χ2v) is 3.14. The van der Waals surface area contributed by atoms with Gasteiger partial charge in [-0.15, -0.1) is 5.92 Å². The third-order valence-corrected chi connectivity index (χ3v) is 2.21. The number of nitrogens with one attached hydrogen (secondary N) is 1. The van der Waals surface area contributed by atoms with Gasteiger partial charge in [0.1, 0.15) is 11.3 Å². The van der Waals surface area contributed by atoms with Gasteiger partial charge < -0.3 is 9.72 Å². The van der Waals surface area contributed by atoms with Crippen molar-refractivity contribution in [3.05, 3.63) is 29.6 Å². The molecule has 0 fully saturated rings. The highest BCUT2D eigenvalue weighted by Gasteiger charge is 2.16. The summed E-state index contributed by atoms with van der Waals surface area (Å²) in [5.41, 5.74) is 1.63. The maximum atomic E-state index is 11.5. The number of carbonyl (C=O) groups is 1. The second-order valence-electron chi connectivity index (χ2n) is 3.14. The van der Waals surface area contributed by atoms with E-state index in [1.165, 1.54) is 7.11 Å². The Hall–Kier alpha value is -2.28. The van der Waals surface area contributed by atoms with Gasteiger partial charge in [-0.1, -0.05) is 5.92 Å². The Morgan fingerprint density at radius 3 is 3.06 bits per heavy atom. The van der Waals surface area contributed by atoms with Crippen LogP contribution in [0.15, 0.2) is 18.3 Å². The normalized spacial score (nSPS) is 9.62. The van der Waals surface area contributed by atoms with Crippen molar-refractivity contribution in [2.45, 2.75) is 6.92 Å². The zero-order valence-corrected chi connectivity index (χ0v) is 9.00. The van der Waals surface area contributed by atoms with Crippen LogP contribution in [0.1, 0.15) is 23.0 Å². The van der Waals surface area contributed by atoms with Crippen LogP contribution in [0.4, 0.5) is 0 Å². The molecule has 16 heavy (non-hydrogen) atoms. The average molecular weight is 214 g/mol. The van der Waals surface area contributed by atoms with Crippen molar-refractivity contribution in [2.75, 3.05) is 7.11 Å². The highest BCUT2D eigenvalue weighted by Crippen LogP contribution is 2.20. The van der Waals surface area contributed by atoms with E-state index in [4.69, 9.17) is 0 Å². The maximum Gasteiger partial charge on any atom is 0.355 e. The van der Waals surface area contributed by atoms with Gasteiger partial charge in [-0.25, -0.2) is 9.78 Å². The predicted octanol–water partition coefficient (Wildman–Crippen LogP) is 1.72. The van der Waals surface area contributed by atoms with Gasteiger partial charge in [-0.05, 0) is 19.1 Å². The second kappa shape index (κ2) is 4.07. The summed E-state index contributed by atoms with van der Waals surface area (Å²) < 4.78 is 4.69. The van der Waals surface area contributed by atoms with Crippen LogP contribution in [0.25, 0.3) is 11.0 Å². The van der Waals surface area contributed by atoms with E-state index in [9.17, 15) is 4.79 Å². The Bertz CT molecular complexity index is 602. The van der Waals surface area contributed by atoms with E-state index in [-0.39, 0.29) is 0 Å². The van der Waals surface area contributed by atoms with Crippen molar-refractivity contribution in [3.8, 4) is 11.8 Å². The van der Waals surface area contributed by atoms with Crippen LogP contribution in [0.5, 0.6) is 0 Å². The minimum atomic E-state index is -0.434. The van der Waals surface area contributed by atoms with Gasteiger partial charge in [-0.2, -0.15) is 0 Å². The van der Waals surface area contributed by atoms with Crippen LogP contribution in [0.2, 0.25) is 0 Å². The van der Waals surface area contributed by atoms with Gasteiger partial charge in [0.15, 0.2) is 0 Å². The van der Waals surface area contributed by atoms with Crippen molar-refractivity contribution in [1.29, 1.82) is 0 Å². The first-order valence-electron chi connectivity index (χ1n) is 4.75. The fraction of sp³-hybridized carbons (Fsp3) is 0.167. The fourth-order valence-electron chi connectivity index (χ4n) is 1.53. The van der Waals surface area contributed by atoms with Gasteiger partial charge in [0.25, 0.3) is 0 Å². The molecule has 0 radical (unpaired) electrons. The van der Waals surface area contributed by atoms with Gasteiger partial charge >= 0.3 is 5.97 Å². The van der Waals surface area contributed by atoms with E-state index < -0.39 is 5.97 Å². The Balaban J connectivity index is 2.76. The number of fused-ring (bicyclic) bond motifs is 1. The highest BCUT2D eigenvalue weighted by molar-refractivity contribution is 5.99. The Labute approximate surface area is 92.6 Å². The van der Waals surface area contributed by atoms with Crippen LogP contribution in [0, 0.1) is 11.8 Å². The van der Waals surface area contributed by atoms with Gasteiger partial charge in [0, 0.05) is 11.6 Å². The molecule has 4 heteroatoms. The van der Waals surface area contributed by atoms with E-state index >= 15 is 0 Å². The Morgan fingerprint density at radius 2 is 2.38 bits per heavy atom. The molecule has 0 amide bonds. The zero-order chi connectivity index (χ0) is 11.5. The third kappa shape index (κ3) is 1.52. The standard InChI is InChI=1S/C12H10N2O2/c1-3-5-8-9-6-4-7-13-11(9)14-10(8)12(15)16-2/h4,6-7H,1-2H3,(H,13,14). The SMILES string of the molecule is CC#Cc1c(C(=O)OC)[nH]c2ncccc12. The van der Waals surface area contributed by atoms with Crippen LogP contribution < -0.4 is 0 Å². The van der Waals surface area contributed by atoms with Crippen molar-refractivity contribution in [3.63, 3.8) is 0 Å². The highest BCUT2D eigenvalue weighted by atomic mass is 16.5. The molecule has 0 aliphatic carbocycles. The molecule has 0 aliphatic heterocycles. The molecule has 0 spiro atoms. The fourth-order valence-corrected chi connectivity index (χ4v) is 1.53. The predicted molar refractivity (Wildman–Crippen MR) is 60.0 cm³/mol. The first kappa shape index (κ1) is 10.2. The molecule has 0 bridgehead atoms.